The van der Waals surface area contributed by atoms with E-state index in [0.29, 0.717) is 11.5 Å². The van der Waals surface area contributed by atoms with E-state index in [-0.39, 0.29) is 5.91 Å². The fraction of sp³-hybridized carbons (Fsp3) is 0.100. The van der Waals surface area contributed by atoms with Crippen LogP contribution in [0.5, 0.6) is 0 Å². The van der Waals surface area contributed by atoms with E-state index in [9.17, 15) is 4.79 Å². The predicted molar refractivity (Wildman–Crippen MR) is 99.1 cm³/mol. The average molecular weight is 335 g/mol. The molecule has 0 spiro atoms. The smallest absolute Gasteiger partial charge is 0.256 e. The summed E-state index contributed by atoms with van der Waals surface area (Å²) in [7, 11) is 0. The third-order valence-electron chi connectivity index (χ3n) is 4.17. The van der Waals surface area contributed by atoms with Gasteiger partial charge in [-0.3, -0.25) is 9.78 Å². The summed E-state index contributed by atoms with van der Waals surface area (Å²) in [6.07, 6.45) is 4.47. The number of alkyl halides is 1. The number of aromatic nitrogens is 1. The molecule has 0 aliphatic carbocycles. The van der Waals surface area contributed by atoms with E-state index >= 15 is 0 Å². The van der Waals surface area contributed by atoms with Gasteiger partial charge in [0.05, 0.1) is 5.52 Å². The molecule has 2 aromatic carbocycles. The molecule has 0 bridgehead atoms. The highest BCUT2D eigenvalue weighted by Crippen LogP contribution is 2.34. The number of nitrogens with one attached hydrogen (secondary N) is 1. The molecule has 1 aliphatic heterocycles. The van der Waals surface area contributed by atoms with Crippen LogP contribution in [0.25, 0.3) is 22.6 Å². The molecule has 0 unspecified atom stereocenters. The van der Waals surface area contributed by atoms with Crippen molar-refractivity contribution in [2.75, 3.05) is 11.2 Å². The van der Waals surface area contributed by atoms with E-state index in [2.05, 4.69) is 10.3 Å². The van der Waals surface area contributed by atoms with E-state index in [0.717, 1.165) is 39.7 Å². The minimum Gasteiger partial charge on any atom is -0.321 e. The summed E-state index contributed by atoms with van der Waals surface area (Å²) >= 11 is 5.83. The second-order valence-electron chi connectivity index (χ2n) is 5.79. The molecule has 0 radical (unpaired) electrons. The van der Waals surface area contributed by atoms with Gasteiger partial charge < -0.3 is 5.32 Å². The van der Waals surface area contributed by atoms with Crippen molar-refractivity contribution in [3.63, 3.8) is 0 Å². The molecular formula is C20H15ClN2O. The Hall–Kier alpha value is -2.65. The molecule has 0 saturated heterocycles. The van der Waals surface area contributed by atoms with Crippen LogP contribution in [0.15, 0.2) is 54.7 Å². The van der Waals surface area contributed by atoms with Gasteiger partial charge in [-0.25, -0.2) is 0 Å². The van der Waals surface area contributed by atoms with Crippen LogP contribution in [-0.4, -0.2) is 16.8 Å². The largest absolute Gasteiger partial charge is 0.321 e. The van der Waals surface area contributed by atoms with Gasteiger partial charge >= 0.3 is 0 Å². The van der Waals surface area contributed by atoms with Crippen molar-refractivity contribution in [2.24, 2.45) is 0 Å². The van der Waals surface area contributed by atoms with Gasteiger partial charge in [-0.05, 0) is 47.9 Å². The van der Waals surface area contributed by atoms with Crippen LogP contribution in [-0.2, 0) is 11.2 Å². The second kappa shape index (κ2) is 6.10. The molecule has 3 aromatic rings. The van der Waals surface area contributed by atoms with E-state index < -0.39 is 0 Å². The Labute approximate surface area is 145 Å². The molecule has 1 amide bonds. The Morgan fingerprint density at radius 3 is 2.88 bits per heavy atom. The highest BCUT2D eigenvalue weighted by Gasteiger charge is 2.24. The average Bonchev–Trinajstić information content (AvgIpc) is 2.90. The lowest BCUT2D eigenvalue weighted by Gasteiger charge is -2.03. The van der Waals surface area contributed by atoms with Gasteiger partial charge in [-0.15, -0.1) is 11.6 Å². The van der Waals surface area contributed by atoms with Gasteiger partial charge in [0.2, 0.25) is 0 Å². The molecule has 2 heterocycles. The Kier molecular flexibility index (Phi) is 3.79. The molecule has 1 aliphatic rings. The Morgan fingerprint density at radius 2 is 2.00 bits per heavy atom. The van der Waals surface area contributed by atoms with Crippen LogP contribution in [0.4, 0.5) is 5.69 Å². The lowest BCUT2D eigenvalue weighted by atomic mass is 10.0. The van der Waals surface area contributed by atoms with Crippen LogP contribution in [0.2, 0.25) is 0 Å². The number of anilines is 1. The van der Waals surface area contributed by atoms with Crippen molar-refractivity contribution in [3.8, 4) is 0 Å². The molecule has 0 saturated carbocycles. The van der Waals surface area contributed by atoms with Crippen LogP contribution >= 0.6 is 11.6 Å². The number of nitrogens with zero attached hydrogens (tertiary/aromatic N) is 1. The van der Waals surface area contributed by atoms with Gasteiger partial charge in [0.15, 0.2) is 0 Å². The maximum atomic E-state index is 12.3. The summed E-state index contributed by atoms with van der Waals surface area (Å²) in [5, 5.41) is 3.97. The molecule has 0 fully saturated rings. The number of amides is 1. The van der Waals surface area contributed by atoms with Crippen molar-refractivity contribution in [2.45, 2.75) is 6.42 Å². The molecule has 0 atom stereocenters. The molecule has 3 nitrogen and oxygen atoms in total. The standard InChI is InChI=1S/C20H15ClN2O/c21-8-7-13-5-6-19-16(10-13)17(20(24)23-19)11-14-9-15-3-1-2-4-18(15)22-12-14/h1-6,9-12H,7-8H2,(H,23,24). The zero-order valence-electron chi connectivity index (χ0n) is 12.9. The quantitative estimate of drug-likeness (QED) is 0.565. The maximum absolute atomic E-state index is 12.3. The predicted octanol–water partition coefficient (Wildman–Crippen LogP) is 4.51. The third-order valence-corrected chi connectivity index (χ3v) is 4.36. The van der Waals surface area contributed by atoms with Gasteiger partial charge in [0, 0.05) is 34.3 Å². The zero-order valence-corrected chi connectivity index (χ0v) is 13.7. The summed E-state index contributed by atoms with van der Waals surface area (Å²) in [5.41, 5.74) is 5.42. The number of hydrogen-bond donors (Lipinski definition) is 1. The van der Waals surface area contributed by atoms with E-state index in [1.807, 2.05) is 54.6 Å². The number of pyridine rings is 1. The Morgan fingerprint density at radius 1 is 1.12 bits per heavy atom. The molecule has 24 heavy (non-hydrogen) atoms. The molecule has 4 rings (SSSR count). The second-order valence-corrected chi connectivity index (χ2v) is 6.17. The first-order valence-electron chi connectivity index (χ1n) is 7.82. The van der Waals surface area contributed by atoms with Gasteiger partial charge in [0.1, 0.15) is 0 Å². The maximum Gasteiger partial charge on any atom is 0.256 e. The van der Waals surface area contributed by atoms with Crippen molar-refractivity contribution in [1.29, 1.82) is 0 Å². The number of fused-ring (bicyclic) bond motifs is 2. The number of hydrogen-bond acceptors (Lipinski definition) is 2. The summed E-state index contributed by atoms with van der Waals surface area (Å²) in [5.74, 6) is 0.481. The summed E-state index contributed by atoms with van der Waals surface area (Å²) < 4.78 is 0. The van der Waals surface area contributed by atoms with E-state index in [1.165, 1.54) is 0 Å². The number of carbonyl (C=O) groups is 1. The van der Waals surface area contributed by atoms with E-state index in [4.69, 9.17) is 11.6 Å². The first-order valence-corrected chi connectivity index (χ1v) is 8.35. The fourth-order valence-corrected chi connectivity index (χ4v) is 3.19. The highest BCUT2D eigenvalue weighted by atomic mass is 35.5. The lowest BCUT2D eigenvalue weighted by Crippen LogP contribution is -2.03. The van der Waals surface area contributed by atoms with Crippen molar-refractivity contribution in [3.05, 3.63) is 71.4 Å². The van der Waals surface area contributed by atoms with Crippen LogP contribution in [0.3, 0.4) is 0 Å². The van der Waals surface area contributed by atoms with E-state index in [1.54, 1.807) is 6.20 Å². The van der Waals surface area contributed by atoms with Gasteiger partial charge in [-0.1, -0.05) is 24.3 Å². The minimum absolute atomic E-state index is 0.0822. The number of para-hydroxylation sites is 1. The third kappa shape index (κ3) is 2.68. The molecule has 4 heteroatoms. The molecule has 118 valence electrons. The minimum atomic E-state index is -0.0822. The molecule has 1 N–H and O–H groups in total. The van der Waals surface area contributed by atoms with Crippen molar-refractivity contribution < 1.29 is 4.79 Å². The summed E-state index contributed by atoms with van der Waals surface area (Å²) in [4.78, 5) is 16.8. The topological polar surface area (TPSA) is 42.0 Å². The van der Waals surface area contributed by atoms with Gasteiger partial charge in [-0.2, -0.15) is 0 Å². The number of halogens is 1. The first-order chi connectivity index (χ1) is 11.7. The number of benzene rings is 2. The van der Waals surface area contributed by atoms with Crippen molar-refractivity contribution in [1.82, 2.24) is 4.98 Å². The highest BCUT2D eigenvalue weighted by molar-refractivity contribution is 6.35. The Bertz CT molecular complexity index is 978. The monoisotopic (exact) mass is 334 g/mol. The summed E-state index contributed by atoms with van der Waals surface area (Å²) in [6.45, 7) is 0. The van der Waals surface area contributed by atoms with Crippen LogP contribution in [0.1, 0.15) is 16.7 Å². The lowest BCUT2D eigenvalue weighted by molar-refractivity contribution is -0.110. The zero-order chi connectivity index (χ0) is 16.5. The summed E-state index contributed by atoms with van der Waals surface area (Å²) in [6, 6.07) is 16.0. The van der Waals surface area contributed by atoms with Gasteiger partial charge in [0.25, 0.3) is 5.91 Å². The first kappa shape index (κ1) is 14.9. The number of aryl methyl sites for hydroxylation is 1. The number of carbonyl (C=O) groups excluding carboxylic acids is 1. The number of rotatable bonds is 3. The van der Waals surface area contributed by atoms with Crippen LogP contribution in [0, 0.1) is 0 Å². The fourth-order valence-electron chi connectivity index (χ4n) is 2.98. The van der Waals surface area contributed by atoms with Crippen LogP contribution < -0.4 is 5.32 Å². The molecular weight excluding hydrogens is 320 g/mol. The van der Waals surface area contributed by atoms with Crippen molar-refractivity contribution >= 4 is 45.7 Å². The molecule has 1 aromatic heterocycles. The SMILES string of the molecule is O=C1Nc2ccc(CCCl)cc2C1=Cc1cnc2ccccc2c1. The Balaban J connectivity index is 1.79. The normalized spacial score (nSPS) is 14.9.